The van der Waals surface area contributed by atoms with E-state index in [1.165, 1.54) is 4.68 Å². The van der Waals surface area contributed by atoms with Crippen LogP contribution in [-0.4, -0.2) is 42.2 Å². The van der Waals surface area contributed by atoms with Crippen LogP contribution >= 0.6 is 0 Å². The maximum Gasteiger partial charge on any atom is 0.243 e. The van der Waals surface area contributed by atoms with Crippen molar-refractivity contribution < 1.29 is 4.63 Å². The summed E-state index contributed by atoms with van der Waals surface area (Å²) in [6, 6.07) is 7.99. The fourth-order valence-corrected chi connectivity index (χ4v) is 2.63. The van der Waals surface area contributed by atoms with Gasteiger partial charge in [0.2, 0.25) is 11.6 Å². The molecule has 130 valence electrons. The van der Waals surface area contributed by atoms with Crippen LogP contribution in [0.1, 0.15) is 23.9 Å². The Labute approximate surface area is 147 Å². The van der Waals surface area contributed by atoms with Crippen molar-refractivity contribution in [2.24, 2.45) is 10.2 Å². The minimum absolute atomic E-state index is 0.136. The summed E-state index contributed by atoms with van der Waals surface area (Å²) >= 11 is 0. The van der Waals surface area contributed by atoms with Gasteiger partial charge in [0.1, 0.15) is 5.69 Å². The Hall–Kier alpha value is -3.82. The lowest BCUT2D eigenvalue weighted by atomic mass is 10.2. The van der Waals surface area contributed by atoms with Gasteiger partial charge >= 0.3 is 0 Å². The monoisotopic (exact) mass is 349 g/mol. The van der Waals surface area contributed by atoms with Crippen molar-refractivity contribution in [2.45, 2.75) is 13.8 Å². The first-order valence-electron chi connectivity index (χ1n) is 7.80. The lowest BCUT2D eigenvalue weighted by molar-refractivity contribution is 0.306. The number of aromatic nitrogens is 6. The van der Waals surface area contributed by atoms with Crippen molar-refractivity contribution in [1.82, 2.24) is 30.3 Å². The molecule has 0 fully saturated rings. The second kappa shape index (κ2) is 6.24. The van der Waals surface area contributed by atoms with E-state index in [2.05, 4.69) is 40.4 Å². The average Bonchev–Trinajstić information content (AvgIpc) is 3.34. The number of aromatic amines is 1. The summed E-state index contributed by atoms with van der Waals surface area (Å²) in [6.45, 7) is 3.63. The molecule has 0 radical (unpaired) electrons. The van der Waals surface area contributed by atoms with Crippen LogP contribution in [0.3, 0.4) is 0 Å². The lowest BCUT2D eigenvalue weighted by Crippen LogP contribution is -2.04. The second-order valence-electron chi connectivity index (χ2n) is 5.63. The molecule has 0 saturated carbocycles. The normalized spacial score (nSPS) is 12.5. The number of nitrogen functional groups attached to an aromatic ring is 1. The van der Waals surface area contributed by atoms with Gasteiger partial charge in [0.05, 0.1) is 17.6 Å². The third-order valence-corrected chi connectivity index (χ3v) is 3.96. The fourth-order valence-electron chi connectivity index (χ4n) is 2.63. The van der Waals surface area contributed by atoms with Crippen LogP contribution in [0.15, 0.2) is 45.3 Å². The molecule has 4 aromatic rings. The number of hydrogen-bond donors (Lipinski definition) is 2. The first-order chi connectivity index (χ1) is 12.6. The van der Waals surface area contributed by atoms with E-state index in [-0.39, 0.29) is 11.6 Å². The van der Waals surface area contributed by atoms with Gasteiger partial charge in [-0.25, -0.2) is 4.63 Å². The van der Waals surface area contributed by atoms with Gasteiger partial charge in [0.25, 0.3) is 0 Å². The molecule has 0 bridgehead atoms. The zero-order chi connectivity index (χ0) is 18.1. The van der Waals surface area contributed by atoms with Crippen molar-refractivity contribution >= 4 is 28.6 Å². The molecule has 0 aliphatic carbocycles. The standard InChI is InChI=1S/C16H15N9O/c1-9(14-10(2)25(24-21-14)16-15(17)22-26-23-16)20-19-8-11-7-18-13-6-4-3-5-12(11)13/h3-8,18H,1-2H3,(H2,17,22)/b19-8+,20-9-. The summed E-state index contributed by atoms with van der Waals surface area (Å²) in [5.41, 5.74) is 9.60. The van der Waals surface area contributed by atoms with Crippen LogP contribution in [-0.2, 0) is 0 Å². The van der Waals surface area contributed by atoms with E-state index in [4.69, 9.17) is 5.73 Å². The van der Waals surface area contributed by atoms with Gasteiger partial charge in [0, 0.05) is 22.7 Å². The van der Waals surface area contributed by atoms with E-state index < -0.39 is 0 Å². The van der Waals surface area contributed by atoms with Gasteiger partial charge in [-0.05, 0) is 30.2 Å². The van der Waals surface area contributed by atoms with E-state index in [9.17, 15) is 0 Å². The van der Waals surface area contributed by atoms with Crippen LogP contribution < -0.4 is 5.73 Å². The van der Waals surface area contributed by atoms with Gasteiger partial charge in [-0.3, -0.25) is 0 Å². The number of nitrogens with zero attached hydrogens (tertiary/aromatic N) is 7. The first-order valence-corrected chi connectivity index (χ1v) is 7.80. The molecule has 10 nitrogen and oxygen atoms in total. The SMILES string of the molecule is C/C(=N/N=C/c1c[nH]c2ccccc12)c1nnn(-c2nonc2N)c1C. The number of nitrogens with one attached hydrogen (secondary N) is 1. The zero-order valence-corrected chi connectivity index (χ0v) is 14.1. The number of rotatable bonds is 4. The minimum Gasteiger partial charge on any atom is -0.378 e. The number of H-pyrrole nitrogens is 1. The Balaban J connectivity index is 1.61. The van der Waals surface area contributed by atoms with E-state index in [1.54, 1.807) is 13.1 Å². The molecule has 1 aromatic carbocycles. The molecule has 3 heterocycles. The number of anilines is 1. The van der Waals surface area contributed by atoms with Gasteiger partial charge in [-0.15, -0.1) is 5.10 Å². The topological polar surface area (TPSA) is 136 Å². The summed E-state index contributed by atoms with van der Waals surface area (Å²) in [6.07, 6.45) is 3.59. The summed E-state index contributed by atoms with van der Waals surface area (Å²) < 4.78 is 6.04. The van der Waals surface area contributed by atoms with Gasteiger partial charge in [-0.1, -0.05) is 23.4 Å². The molecular formula is C16H15N9O. The van der Waals surface area contributed by atoms with Gasteiger partial charge < -0.3 is 10.7 Å². The number of fused-ring (bicyclic) bond motifs is 1. The number of benzene rings is 1. The van der Waals surface area contributed by atoms with E-state index in [0.717, 1.165) is 16.5 Å². The summed E-state index contributed by atoms with van der Waals surface area (Å²) in [4.78, 5) is 3.19. The van der Waals surface area contributed by atoms with Crippen LogP contribution in [0.5, 0.6) is 0 Å². The highest BCUT2D eigenvalue weighted by atomic mass is 16.6. The van der Waals surface area contributed by atoms with Crippen molar-refractivity contribution in [1.29, 1.82) is 0 Å². The molecule has 0 atom stereocenters. The predicted molar refractivity (Wildman–Crippen MR) is 96.5 cm³/mol. The van der Waals surface area contributed by atoms with Crippen LogP contribution in [0, 0.1) is 6.92 Å². The number of hydrogen-bond acceptors (Lipinski definition) is 8. The zero-order valence-electron chi connectivity index (χ0n) is 14.1. The molecule has 26 heavy (non-hydrogen) atoms. The van der Waals surface area contributed by atoms with Crippen LogP contribution in [0.25, 0.3) is 16.7 Å². The smallest absolute Gasteiger partial charge is 0.243 e. The van der Waals surface area contributed by atoms with E-state index in [0.29, 0.717) is 17.1 Å². The number of nitrogens with two attached hydrogens (primary N) is 1. The molecule has 0 unspecified atom stereocenters. The Morgan fingerprint density at radius 1 is 1.31 bits per heavy atom. The lowest BCUT2D eigenvalue weighted by Gasteiger charge is -1.98. The van der Waals surface area contributed by atoms with Crippen LogP contribution in [0.4, 0.5) is 5.82 Å². The molecule has 10 heteroatoms. The highest BCUT2D eigenvalue weighted by Gasteiger charge is 2.17. The fraction of sp³-hybridized carbons (Fsp3) is 0.125. The van der Waals surface area contributed by atoms with Crippen molar-refractivity contribution in [3.05, 3.63) is 47.4 Å². The quantitative estimate of drug-likeness (QED) is 0.426. The highest BCUT2D eigenvalue weighted by molar-refractivity contribution is 6.00. The van der Waals surface area contributed by atoms with Crippen molar-refractivity contribution in [3.63, 3.8) is 0 Å². The summed E-state index contributed by atoms with van der Waals surface area (Å²) in [5.74, 6) is 0.424. The maximum atomic E-state index is 5.69. The molecule has 3 aromatic heterocycles. The Kier molecular flexibility index (Phi) is 3.77. The molecule has 0 spiro atoms. The van der Waals surface area contributed by atoms with E-state index in [1.807, 2.05) is 37.4 Å². The Morgan fingerprint density at radius 2 is 2.15 bits per heavy atom. The molecular weight excluding hydrogens is 334 g/mol. The summed E-state index contributed by atoms with van der Waals surface area (Å²) in [7, 11) is 0. The van der Waals surface area contributed by atoms with Crippen molar-refractivity contribution in [3.8, 4) is 5.82 Å². The second-order valence-corrected chi connectivity index (χ2v) is 5.63. The Morgan fingerprint density at radius 3 is 2.96 bits per heavy atom. The molecule has 3 N–H and O–H groups in total. The molecule has 4 rings (SSSR count). The minimum atomic E-state index is 0.136. The Bertz CT molecular complexity index is 1130. The third-order valence-electron chi connectivity index (χ3n) is 3.96. The first kappa shape index (κ1) is 15.7. The van der Waals surface area contributed by atoms with Gasteiger partial charge in [-0.2, -0.15) is 14.9 Å². The molecule has 0 aliphatic rings. The van der Waals surface area contributed by atoms with E-state index >= 15 is 0 Å². The molecule has 0 amide bonds. The summed E-state index contributed by atoms with van der Waals surface area (Å²) in [5, 5.41) is 24.9. The highest BCUT2D eigenvalue weighted by Crippen LogP contribution is 2.17. The van der Waals surface area contributed by atoms with Gasteiger partial charge in [0.15, 0.2) is 0 Å². The largest absolute Gasteiger partial charge is 0.378 e. The molecule has 0 aliphatic heterocycles. The molecule has 0 saturated heterocycles. The number of para-hydroxylation sites is 1. The van der Waals surface area contributed by atoms with Crippen LogP contribution in [0.2, 0.25) is 0 Å². The third kappa shape index (κ3) is 2.62. The predicted octanol–water partition coefficient (Wildman–Crippen LogP) is 1.87. The maximum absolute atomic E-state index is 5.69. The van der Waals surface area contributed by atoms with Crippen molar-refractivity contribution in [2.75, 3.05) is 5.73 Å². The average molecular weight is 349 g/mol.